The molecule has 0 aliphatic rings. The van der Waals surface area contributed by atoms with Crippen molar-refractivity contribution in [3.8, 4) is 5.82 Å². The number of halogens is 1. The zero-order valence-electron chi connectivity index (χ0n) is 11.6. The molecule has 0 aromatic carbocycles. The van der Waals surface area contributed by atoms with E-state index in [0.717, 1.165) is 34.3 Å². The summed E-state index contributed by atoms with van der Waals surface area (Å²) in [5, 5.41) is 7.20. The van der Waals surface area contributed by atoms with Gasteiger partial charge in [0, 0.05) is 24.0 Å². The number of hydrogen-bond donors (Lipinski definition) is 1. The average Bonchev–Trinajstić information content (AvgIpc) is 3.02. The Kier molecular flexibility index (Phi) is 3.32. The Hall–Kier alpha value is -1.37. The van der Waals surface area contributed by atoms with E-state index < -0.39 is 0 Å². The number of aromatic nitrogens is 4. The summed E-state index contributed by atoms with van der Waals surface area (Å²) in [6, 6.07) is 0.0565. The summed E-state index contributed by atoms with van der Waals surface area (Å²) in [5.74, 6) is 0.821. The van der Waals surface area contributed by atoms with Gasteiger partial charge in [0.15, 0.2) is 10.8 Å². The van der Waals surface area contributed by atoms with E-state index in [1.807, 2.05) is 37.0 Å². The Morgan fingerprint density at radius 3 is 2.80 bits per heavy atom. The predicted molar refractivity (Wildman–Crippen MR) is 82.0 cm³/mol. The van der Waals surface area contributed by atoms with Crippen LogP contribution in [0.4, 0.5) is 0 Å². The van der Waals surface area contributed by atoms with Crippen molar-refractivity contribution in [1.29, 1.82) is 0 Å². The molecule has 1 unspecified atom stereocenters. The summed E-state index contributed by atoms with van der Waals surface area (Å²) in [7, 11) is 0. The molecule has 0 bridgehead atoms. The van der Waals surface area contributed by atoms with Crippen molar-refractivity contribution in [2.45, 2.75) is 33.2 Å². The molecule has 3 aromatic rings. The Morgan fingerprint density at radius 2 is 2.20 bits per heavy atom. The first-order chi connectivity index (χ1) is 9.49. The third-order valence-electron chi connectivity index (χ3n) is 3.26. The maximum atomic E-state index is 6.24. The topological polar surface area (TPSA) is 61.1 Å². The van der Waals surface area contributed by atoms with Gasteiger partial charge < -0.3 is 5.73 Å². The second kappa shape index (κ2) is 4.87. The first kappa shape index (κ1) is 13.6. The Morgan fingerprint density at radius 1 is 1.45 bits per heavy atom. The van der Waals surface area contributed by atoms with Crippen molar-refractivity contribution >= 4 is 27.9 Å². The molecule has 3 rings (SSSR count). The van der Waals surface area contributed by atoms with Crippen molar-refractivity contribution in [1.82, 2.24) is 19.2 Å². The minimum atomic E-state index is 0.0565. The highest BCUT2D eigenvalue weighted by Gasteiger charge is 2.20. The van der Waals surface area contributed by atoms with E-state index in [0.29, 0.717) is 5.02 Å². The minimum absolute atomic E-state index is 0.0565. The van der Waals surface area contributed by atoms with Crippen LogP contribution in [0.15, 0.2) is 11.6 Å². The lowest BCUT2D eigenvalue weighted by Gasteiger charge is -2.08. The van der Waals surface area contributed by atoms with E-state index >= 15 is 0 Å². The van der Waals surface area contributed by atoms with Gasteiger partial charge in [-0.3, -0.25) is 4.40 Å². The molecule has 3 aromatic heterocycles. The Bertz CT molecular complexity index is 767. The van der Waals surface area contributed by atoms with Gasteiger partial charge in [-0.1, -0.05) is 11.6 Å². The molecule has 106 valence electrons. The molecule has 2 N–H and O–H groups in total. The van der Waals surface area contributed by atoms with E-state index in [-0.39, 0.29) is 6.04 Å². The van der Waals surface area contributed by atoms with Gasteiger partial charge in [0.25, 0.3) is 0 Å². The normalized spacial score (nSPS) is 13.2. The van der Waals surface area contributed by atoms with Crippen LogP contribution < -0.4 is 5.73 Å². The number of hydrogen-bond acceptors (Lipinski definition) is 4. The molecule has 0 amide bonds. The third-order valence-corrected chi connectivity index (χ3v) is 4.56. The van der Waals surface area contributed by atoms with Gasteiger partial charge in [-0.25, -0.2) is 4.68 Å². The zero-order valence-corrected chi connectivity index (χ0v) is 13.2. The van der Waals surface area contributed by atoms with Gasteiger partial charge in [0.1, 0.15) is 0 Å². The molecule has 0 aliphatic heterocycles. The third kappa shape index (κ3) is 2.04. The molecule has 5 nitrogen and oxygen atoms in total. The molecule has 0 saturated carbocycles. The molecule has 0 saturated heterocycles. The van der Waals surface area contributed by atoms with Crippen LogP contribution in [0.3, 0.4) is 0 Å². The van der Waals surface area contributed by atoms with Gasteiger partial charge >= 0.3 is 0 Å². The van der Waals surface area contributed by atoms with Gasteiger partial charge in [-0.2, -0.15) is 10.1 Å². The van der Waals surface area contributed by atoms with Crippen molar-refractivity contribution in [2.24, 2.45) is 5.73 Å². The molecular weight excluding hydrogens is 294 g/mol. The maximum Gasteiger partial charge on any atom is 0.195 e. The average molecular weight is 310 g/mol. The first-order valence-electron chi connectivity index (χ1n) is 6.41. The lowest BCUT2D eigenvalue weighted by Crippen LogP contribution is -2.20. The Balaban J connectivity index is 2.24. The van der Waals surface area contributed by atoms with Gasteiger partial charge in [0.2, 0.25) is 0 Å². The fourth-order valence-electron chi connectivity index (χ4n) is 2.32. The zero-order chi connectivity index (χ0) is 14.4. The number of thiazole rings is 1. The van der Waals surface area contributed by atoms with Crippen LogP contribution in [-0.2, 0) is 6.42 Å². The van der Waals surface area contributed by atoms with Crippen LogP contribution in [0, 0.1) is 13.8 Å². The highest BCUT2D eigenvalue weighted by atomic mass is 35.5. The van der Waals surface area contributed by atoms with Gasteiger partial charge in [-0.15, -0.1) is 11.3 Å². The lowest BCUT2D eigenvalue weighted by atomic mass is 10.2. The molecule has 0 spiro atoms. The van der Waals surface area contributed by atoms with Crippen molar-refractivity contribution < 1.29 is 0 Å². The smallest absolute Gasteiger partial charge is 0.195 e. The number of nitrogens with two attached hydrogens (primary N) is 1. The molecule has 1 atom stereocenters. The number of rotatable bonds is 3. The molecule has 3 heterocycles. The van der Waals surface area contributed by atoms with Crippen LogP contribution in [0.1, 0.15) is 24.0 Å². The predicted octanol–water partition coefficient (Wildman–Crippen LogP) is 2.74. The fourth-order valence-corrected chi connectivity index (χ4v) is 3.16. The van der Waals surface area contributed by atoms with E-state index in [2.05, 4.69) is 14.5 Å². The second-order valence-corrected chi connectivity index (χ2v) is 6.27. The van der Waals surface area contributed by atoms with Crippen LogP contribution in [-0.4, -0.2) is 25.2 Å². The van der Waals surface area contributed by atoms with Crippen LogP contribution >= 0.6 is 22.9 Å². The van der Waals surface area contributed by atoms with Gasteiger partial charge in [-0.05, 0) is 20.8 Å². The standard InChI is InChI=1S/C13H16ClN5S/c1-7(15)6-10-12(16-13-18(10)4-5-20-13)19-9(3)11(14)8(2)17-19/h4-5,7H,6,15H2,1-3H3. The van der Waals surface area contributed by atoms with Crippen LogP contribution in [0.2, 0.25) is 5.02 Å². The quantitative estimate of drug-likeness (QED) is 0.809. The second-order valence-electron chi connectivity index (χ2n) is 5.02. The van der Waals surface area contributed by atoms with Crippen LogP contribution in [0.5, 0.6) is 0 Å². The summed E-state index contributed by atoms with van der Waals surface area (Å²) in [5.41, 5.74) is 8.75. The first-order valence-corrected chi connectivity index (χ1v) is 7.67. The number of aryl methyl sites for hydroxylation is 1. The molecular formula is C13H16ClN5S. The highest BCUT2D eigenvalue weighted by molar-refractivity contribution is 7.15. The molecule has 0 fully saturated rings. The van der Waals surface area contributed by atoms with E-state index in [4.69, 9.17) is 17.3 Å². The van der Waals surface area contributed by atoms with E-state index in [9.17, 15) is 0 Å². The lowest BCUT2D eigenvalue weighted by molar-refractivity contribution is 0.701. The van der Waals surface area contributed by atoms with Crippen molar-refractivity contribution in [3.63, 3.8) is 0 Å². The number of fused-ring (bicyclic) bond motifs is 1. The summed E-state index contributed by atoms with van der Waals surface area (Å²) in [6.07, 6.45) is 2.75. The molecule has 7 heteroatoms. The monoisotopic (exact) mass is 309 g/mol. The van der Waals surface area contributed by atoms with Gasteiger partial charge in [0.05, 0.1) is 22.1 Å². The SMILES string of the molecule is Cc1nn(-c2nc3sccn3c2CC(C)N)c(C)c1Cl. The molecule has 0 radical (unpaired) electrons. The molecule has 20 heavy (non-hydrogen) atoms. The summed E-state index contributed by atoms with van der Waals surface area (Å²) < 4.78 is 3.89. The largest absolute Gasteiger partial charge is 0.328 e. The fraction of sp³-hybridized carbons (Fsp3) is 0.385. The summed E-state index contributed by atoms with van der Waals surface area (Å²) in [4.78, 5) is 5.62. The number of nitrogens with zero attached hydrogens (tertiary/aromatic N) is 4. The number of imidazole rings is 1. The highest BCUT2D eigenvalue weighted by Crippen LogP contribution is 2.26. The Labute approximate surface area is 126 Å². The summed E-state index contributed by atoms with van der Waals surface area (Å²) in [6.45, 7) is 5.84. The van der Waals surface area contributed by atoms with E-state index in [1.54, 1.807) is 11.3 Å². The van der Waals surface area contributed by atoms with E-state index in [1.165, 1.54) is 0 Å². The van der Waals surface area contributed by atoms with Crippen molar-refractivity contribution in [2.75, 3.05) is 0 Å². The molecule has 0 aliphatic carbocycles. The van der Waals surface area contributed by atoms with Crippen LogP contribution in [0.25, 0.3) is 10.8 Å². The maximum absolute atomic E-state index is 6.24. The summed E-state index contributed by atoms with van der Waals surface area (Å²) >= 11 is 7.84. The minimum Gasteiger partial charge on any atom is -0.328 e. The van der Waals surface area contributed by atoms with Crippen molar-refractivity contribution in [3.05, 3.63) is 33.7 Å².